The molecule has 0 spiro atoms. The molecular formula is C21H21F3N2O2. The number of hydrogen-bond acceptors (Lipinski definition) is 2. The maximum absolute atomic E-state index is 13.2. The molecule has 1 fully saturated rings. The molecule has 0 aromatic heterocycles. The van der Waals surface area contributed by atoms with Crippen molar-refractivity contribution in [3.05, 3.63) is 70.3 Å². The number of aryl methyl sites for hydroxylation is 2. The highest BCUT2D eigenvalue weighted by Crippen LogP contribution is 2.32. The summed E-state index contributed by atoms with van der Waals surface area (Å²) in [5, 5.41) is 0. The highest BCUT2D eigenvalue weighted by molar-refractivity contribution is 5.97. The molecule has 4 nitrogen and oxygen atoms in total. The molecule has 2 aromatic rings. The zero-order valence-corrected chi connectivity index (χ0v) is 15.7. The van der Waals surface area contributed by atoms with Crippen molar-refractivity contribution in [1.29, 1.82) is 0 Å². The van der Waals surface area contributed by atoms with Crippen LogP contribution in [0, 0.1) is 13.8 Å². The summed E-state index contributed by atoms with van der Waals surface area (Å²) in [7, 11) is 0. The summed E-state index contributed by atoms with van der Waals surface area (Å²) in [6.45, 7) is 4.78. The number of amides is 2. The molecule has 2 aromatic carbocycles. The van der Waals surface area contributed by atoms with Gasteiger partial charge in [-0.05, 0) is 37.6 Å². The third-order valence-corrected chi connectivity index (χ3v) is 4.93. The maximum atomic E-state index is 13.2. The van der Waals surface area contributed by atoms with E-state index in [2.05, 4.69) is 0 Å². The van der Waals surface area contributed by atoms with Crippen LogP contribution in [0.4, 0.5) is 13.2 Å². The predicted octanol–water partition coefficient (Wildman–Crippen LogP) is 3.92. The number of benzene rings is 2. The highest BCUT2D eigenvalue weighted by Gasteiger charge is 2.36. The van der Waals surface area contributed by atoms with Crippen LogP contribution in [-0.4, -0.2) is 47.8 Å². The Kier molecular flexibility index (Phi) is 5.45. The molecule has 1 aliphatic heterocycles. The molecule has 28 heavy (non-hydrogen) atoms. The van der Waals surface area contributed by atoms with Crippen molar-refractivity contribution in [3.8, 4) is 0 Å². The van der Waals surface area contributed by atoms with E-state index in [1.807, 2.05) is 26.0 Å². The van der Waals surface area contributed by atoms with Crippen LogP contribution < -0.4 is 0 Å². The zero-order valence-electron chi connectivity index (χ0n) is 15.7. The summed E-state index contributed by atoms with van der Waals surface area (Å²) < 4.78 is 39.5. The van der Waals surface area contributed by atoms with Crippen molar-refractivity contribution in [3.63, 3.8) is 0 Å². The van der Waals surface area contributed by atoms with Crippen molar-refractivity contribution in [2.24, 2.45) is 0 Å². The number of piperazine rings is 1. The van der Waals surface area contributed by atoms with Crippen LogP contribution in [0.5, 0.6) is 0 Å². The van der Waals surface area contributed by atoms with Gasteiger partial charge in [-0.2, -0.15) is 13.2 Å². The second kappa shape index (κ2) is 7.66. The Hall–Kier alpha value is -2.83. The molecule has 0 atom stereocenters. The Labute approximate surface area is 161 Å². The lowest BCUT2D eigenvalue weighted by molar-refractivity contribution is -0.138. The topological polar surface area (TPSA) is 40.6 Å². The fourth-order valence-electron chi connectivity index (χ4n) is 3.42. The first-order valence-electron chi connectivity index (χ1n) is 9.00. The van der Waals surface area contributed by atoms with Crippen LogP contribution in [0.3, 0.4) is 0 Å². The monoisotopic (exact) mass is 390 g/mol. The van der Waals surface area contributed by atoms with Gasteiger partial charge in [0.2, 0.25) is 0 Å². The second-order valence-electron chi connectivity index (χ2n) is 6.95. The van der Waals surface area contributed by atoms with Gasteiger partial charge in [0, 0.05) is 31.7 Å². The predicted molar refractivity (Wildman–Crippen MR) is 99.2 cm³/mol. The lowest BCUT2D eigenvalue weighted by atomic mass is 10.0. The lowest BCUT2D eigenvalue weighted by Crippen LogP contribution is -2.51. The van der Waals surface area contributed by atoms with E-state index < -0.39 is 17.6 Å². The van der Waals surface area contributed by atoms with Crippen LogP contribution in [-0.2, 0) is 6.18 Å². The molecule has 148 valence electrons. The van der Waals surface area contributed by atoms with Gasteiger partial charge in [0.1, 0.15) is 0 Å². The van der Waals surface area contributed by atoms with Gasteiger partial charge < -0.3 is 9.80 Å². The molecule has 0 N–H and O–H groups in total. The summed E-state index contributed by atoms with van der Waals surface area (Å²) >= 11 is 0. The van der Waals surface area contributed by atoms with Crippen LogP contribution >= 0.6 is 0 Å². The van der Waals surface area contributed by atoms with Crippen molar-refractivity contribution in [2.75, 3.05) is 26.2 Å². The lowest BCUT2D eigenvalue weighted by Gasteiger charge is -2.35. The van der Waals surface area contributed by atoms with Gasteiger partial charge in [-0.15, -0.1) is 0 Å². The van der Waals surface area contributed by atoms with Crippen LogP contribution in [0.2, 0.25) is 0 Å². The van der Waals surface area contributed by atoms with Crippen molar-refractivity contribution >= 4 is 11.8 Å². The molecule has 7 heteroatoms. The van der Waals surface area contributed by atoms with E-state index in [0.29, 0.717) is 5.56 Å². The SMILES string of the molecule is Cc1ccc(C(=O)N2CCN(C(=O)c3ccccc3C(F)(F)F)CC2)c(C)c1. The molecule has 0 saturated carbocycles. The van der Waals surface area contributed by atoms with Gasteiger partial charge in [-0.1, -0.05) is 29.8 Å². The van der Waals surface area contributed by atoms with E-state index in [4.69, 9.17) is 0 Å². The van der Waals surface area contributed by atoms with Crippen LogP contribution in [0.15, 0.2) is 42.5 Å². The maximum Gasteiger partial charge on any atom is 0.417 e. The molecule has 1 aliphatic rings. The first kappa shape index (κ1) is 19.9. The van der Waals surface area contributed by atoms with Gasteiger partial charge in [-0.3, -0.25) is 9.59 Å². The average Bonchev–Trinajstić information content (AvgIpc) is 2.66. The molecule has 0 bridgehead atoms. The molecule has 2 amide bonds. The average molecular weight is 390 g/mol. The second-order valence-corrected chi connectivity index (χ2v) is 6.95. The number of halogens is 3. The summed E-state index contributed by atoms with van der Waals surface area (Å²) in [5.41, 5.74) is 1.25. The number of alkyl halides is 3. The Morgan fingerprint density at radius 2 is 1.36 bits per heavy atom. The zero-order chi connectivity index (χ0) is 20.5. The number of rotatable bonds is 2. The van der Waals surface area contributed by atoms with Gasteiger partial charge in [0.05, 0.1) is 11.1 Å². The summed E-state index contributed by atoms with van der Waals surface area (Å²) in [4.78, 5) is 28.4. The smallest absolute Gasteiger partial charge is 0.335 e. The minimum absolute atomic E-state index is 0.125. The minimum Gasteiger partial charge on any atom is -0.335 e. The van der Waals surface area contributed by atoms with E-state index >= 15 is 0 Å². The number of nitrogens with zero attached hydrogens (tertiary/aromatic N) is 2. The minimum atomic E-state index is -4.59. The summed E-state index contributed by atoms with van der Waals surface area (Å²) in [6, 6.07) is 10.4. The van der Waals surface area contributed by atoms with Gasteiger partial charge >= 0.3 is 6.18 Å². The third kappa shape index (κ3) is 4.03. The molecule has 3 rings (SSSR count). The Morgan fingerprint density at radius 1 is 0.821 bits per heavy atom. The number of carbonyl (C=O) groups excluding carboxylic acids is 2. The molecule has 0 unspecified atom stereocenters. The van der Waals surface area contributed by atoms with Crippen molar-refractivity contribution < 1.29 is 22.8 Å². The molecule has 0 aliphatic carbocycles. The van der Waals surface area contributed by atoms with Gasteiger partial charge in [0.15, 0.2) is 0 Å². The summed E-state index contributed by atoms with van der Waals surface area (Å²) in [5.74, 6) is -0.785. The third-order valence-electron chi connectivity index (χ3n) is 4.93. The molecule has 1 heterocycles. The molecule has 0 radical (unpaired) electrons. The van der Waals surface area contributed by atoms with E-state index in [9.17, 15) is 22.8 Å². The summed E-state index contributed by atoms with van der Waals surface area (Å²) in [6.07, 6.45) is -4.59. The Morgan fingerprint density at radius 3 is 1.89 bits per heavy atom. The Balaban J connectivity index is 1.71. The van der Waals surface area contributed by atoms with E-state index in [-0.39, 0.29) is 37.6 Å². The van der Waals surface area contributed by atoms with Crippen LogP contribution in [0.25, 0.3) is 0 Å². The van der Waals surface area contributed by atoms with Gasteiger partial charge in [-0.25, -0.2) is 0 Å². The van der Waals surface area contributed by atoms with Gasteiger partial charge in [0.25, 0.3) is 11.8 Å². The molecular weight excluding hydrogens is 369 g/mol. The van der Waals surface area contributed by atoms with Crippen LogP contribution in [0.1, 0.15) is 37.4 Å². The quantitative estimate of drug-likeness (QED) is 0.780. The number of hydrogen-bond donors (Lipinski definition) is 0. The molecule has 1 saturated heterocycles. The largest absolute Gasteiger partial charge is 0.417 e. The van der Waals surface area contributed by atoms with E-state index in [1.165, 1.54) is 23.1 Å². The highest BCUT2D eigenvalue weighted by atomic mass is 19.4. The standard InChI is InChI=1S/C21H21F3N2O2/c1-14-7-8-16(15(2)13-14)19(27)25-9-11-26(12-10-25)20(28)17-5-3-4-6-18(17)21(22,23)24/h3-8,13H,9-12H2,1-2H3. The number of carbonyl (C=O) groups is 2. The van der Waals surface area contributed by atoms with Crippen molar-refractivity contribution in [1.82, 2.24) is 9.80 Å². The van der Waals surface area contributed by atoms with E-state index in [1.54, 1.807) is 11.0 Å². The Bertz CT molecular complexity index is 901. The normalized spacial score (nSPS) is 14.9. The fourth-order valence-corrected chi connectivity index (χ4v) is 3.42. The first-order valence-corrected chi connectivity index (χ1v) is 9.00. The first-order chi connectivity index (χ1) is 13.2. The van der Waals surface area contributed by atoms with E-state index in [0.717, 1.165) is 17.2 Å². The fraction of sp³-hybridized carbons (Fsp3) is 0.333. The van der Waals surface area contributed by atoms with Crippen molar-refractivity contribution in [2.45, 2.75) is 20.0 Å².